The number of aromatic nitrogens is 2. The van der Waals surface area contributed by atoms with Crippen LogP contribution in [0.5, 0.6) is 11.6 Å². The lowest BCUT2D eigenvalue weighted by Crippen LogP contribution is -1.97. The summed E-state index contributed by atoms with van der Waals surface area (Å²) in [4.78, 5) is 7.59. The molecule has 0 amide bonds. The first kappa shape index (κ1) is 11.6. The second-order valence-corrected chi connectivity index (χ2v) is 3.65. The molecule has 0 radical (unpaired) electrons. The lowest BCUT2D eigenvalue weighted by atomic mass is 10.2. The topological polar surface area (TPSA) is 81.3 Å². The van der Waals surface area contributed by atoms with Crippen molar-refractivity contribution in [3.05, 3.63) is 41.3 Å². The molecule has 0 unspecified atom stereocenters. The summed E-state index contributed by atoms with van der Waals surface area (Å²) in [5, 5.41) is 9.06. The molecule has 0 atom stereocenters. The number of rotatable bonds is 3. The van der Waals surface area contributed by atoms with E-state index in [0.717, 1.165) is 5.56 Å². The van der Waals surface area contributed by atoms with Crippen molar-refractivity contribution in [3.8, 4) is 11.6 Å². The van der Waals surface area contributed by atoms with Crippen molar-refractivity contribution in [2.75, 3.05) is 5.73 Å². The zero-order valence-electron chi connectivity index (χ0n) is 8.80. The average molecular weight is 252 g/mol. The third-order valence-electron chi connectivity index (χ3n) is 2.05. The molecule has 1 aromatic carbocycles. The van der Waals surface area contributed by atoms with Crippen LogP contribution in [0.2, 0.25) is 5.28 Å². The Hall–Kier alpha value is -1.85. The molecule has 0 aliphatic carbocycles. The van der Waals surface area contributed by atoms with E-state index in [2.05, 4.69) is 9.97 Å². The predicted octanol–water partition coefficient (Wildman–Crippen LogP) is 2.00. The van der Waals surface area contributed by atoms with Crippen LogP contribution in [0.15, 0.2) is 30.5 Å². The minimum atomic E-state index is -0.0583. The number of nitrogens with two attached hydrogens (primary N) is 1. The van der Waals surface area contributed by atoms with Crippen LogP contribution in [0.25, 0.3) is 0 Å². The van der Waals surface area contributed by atoms with Crippen LogP contribution >= 0.6 is 11.6 Å². The predicted molar refractivity (Wildman–Crippen MR) is 63.9 cm³/mol. The molecule has 0 fully saturated rings. The summed E-state index contributed by atoms with van der Waals surface area (Å²) in [6.45, 7) is -0.0583. The quantitative estimate of drug-likeness (QED) is 0.816. The van der Waals surface area contributed by atoms with E-state index in [1.807, 2.05) is 0 Å². The van der Waals surface area contributed by atoms with Crippen LogP contribution in [0, 0.1) is 0 Å². The SMILES string of the molecule is Nc1cnc(Cl)nc1Oc1cccc(CO)c1. The molecule has 1 aromatic heterocycles. The molecular formula is C11H10ClN3O2. The van der Waals surface area contributed by atoms with E-state index in [-0.39, 0.29) is 17.8 Å². The van der Waals surface area contributed by atoms with Gasteiger partial charge in [0.25, 0.3) is 0 Å². The van der Waals surface area contributed by atoms with Gasteiger partial charge in [0, 0.05) is 0 Å². The van der Waals surface area contributed by atoms with E-state index in [9.17, 15) is 0 Å². The maximum Gasteiger partial charge on any atom is 0.247 e. The Balaban J connectivity index is 2.27. The second kappa shape index (κ2) is 4.99. The number of halogens is 1. The lowest BCUT2D eigenvalue weighted by Gasteiger charge is -2.07. The van der Waals surface area contributed by atoms with Crippen LogP contribution in [-0.2, 0) is 6.61 Å². The highest BCUT2D eigenvalue weighted by Crippen LogP contribution is 2.26. The highest BCUT2D eigenvalue weighted by atomic mass is 35.5. The van der Waals surface area contributed by atoms with E-state index in [4.69, 9.17) is 27.2 Å². The standard InChI is InChI=1S/C11H10ClN3O2/c12-11-14-5-9(13)10(15-11)17-8-3-1-2-7(4-8)6-16/h1-5,16H,6,13H2. The third kappa shape index (κ3) is 2.83. The van der Waals surface area contributed by atoms with Crippen molar-refractivity contribution >= 4 is 17.3 Å². The van der Waals surface area contributed by atoms with Crippen molar-refractivity contribution in [1.29, 1.82) is 0 Å². The van der Waals surface area contributed by atoms with E-state index in [0.29, 0.717) is 11.4 Å². The van der Waals surface area contributed by atoms with Gasteiger partial charge in [-0.1, -0.05) is 12.1 Å². The molecule has 3 N–H and O–H groups in total. The van der Waals surface area contributed by atoms with Crippen molar-refractivity contribution in [2.24, 2.45) is 0 Å². The van der Waals surface area contributed by atoms with Crippen molar-refractivity contribution in [2.45, 2.75) is 6.61 Å². The molecule has 0 bridgehead atoms. The number of nitrogen functional groups attached to an aromatic ring is 1. The summed E-state index contributed by atoms with van der Waals surface area (Å²) in [6, 6.07) is 6.97. The van der Waals surface area contributed by atoms with Crippen LogP contribution in [0.4, 0.5) is 5.69 Å². The monoisotopic (exact) mass is 251 g/mol. The summed E-state index contributed by atoms with van der Waals surface area (Å²) >= 11 is 5.64. The number of nitrogens with zero attached hydrogens (tertiary/aromatic N) is 2. The van der Waals surface area contributed by atoms with Crippen LogP contribution in [0.1, 0.15) is 5.56 Å². The molecule has 1 heterocycles. The van der Waals surface area contributed by atoms with Gasteiger partial charge in [-0.05, 0) is 29.3 Å². The van der Waals surface area contributed by atoms with Gasteiger partial charge in [0.2, 0.25) is 11.2 Å². The largest absolute Gasteiger partial charge is 0.437 e. The van der Waals surface area contributed by atoms with Gasteiger partial charge >= 0.3 is 0 Å². The second-order valence-electron chi connectivity index (χ2n) is 3.31. The fourth-order valence-electron chi connectivity index (χ4n) is 1.26. The molecule has 2 rings (SSSR count). The first-order chi connectivity index (χ1) is 8.19. The van der Waals surface area contributed by atoms with Crippen molar-refractivity contribution < 1.29 is 9.84 Å². The molecule has 17 heavy (non-hydrogen) atoms. The highest BCUT2D eigenvalue weighted by Gasteiger charge is 2.06. The first-order valence-electron chi connectivity index (χ1n) is 4.84. The maximum atomic E-state index is 9.00. The van der Waals surface area contributed by atoms with E-state index in [1.54, 1.807) is 24.3 Å². The smallest absolute Gasteiger partial charge is 0.247 e. The Morgan fingerprint density at radius 2 is 2.24 bits per heavy atom. The van der Waals surface area contributed by atoms with Gasteiger partial charge < -0.3 is 15.6 Å². The Morgan fingerprint density at radius 3 is 3.00 bits per heavy atom. The molecule has 0 spiro atoms. The van der Waals surface area contributed by atoms with Crippen molar-refractivity contribution in [3.63, 3.8) is 0 Å². The van der Waals surface area contributed by atoms with Gasteiger partial charge in [-0.3, -0.25) is 0 Å². The molecule has 0 aliphatic rings. The third-order valence-corrected chi connectivity index (χ3v) is 2.23. The van der Waals surface area contributed by atoms with E-state index in [1.165, 1.54) is 6.20 Å². The lowest BCUT2D eigenvalue weighted by molar-refractivity contribution is 0.281. The molecule has 0 saturated carbocycles. The minimum Gasteiger partial charge on any atom is -0.437 e. The summed E-state index contributed by atoms with van der Waals surface area (Å²) in [7, 11) is 0. The number of hydrogen-bond acceptors (Lipinski definition) is 5. The number of benzene rings is 1. The Bertz CT molecular complexity index is 534. The van der Waals surface area contributed by atoms with Crippen molar-refractivity contribution in [1.82, 2.24) is 9.97 Å². The molecule has 2 aromatic rings. The molecule has 0 saturated heterocycles. The zero-order valence-corrected chi connectivity index (χ0v) is 9.55. The Kier molecular flexibility index (Phi) is 3.41. The van der Waals surface area contributed by atoms with Gasteiger partial charge in [0.1, 0.15) is 11.4 Å². The van der Waals surface area contributed by atoms with Gasteiger partial charge in [-0.25, -0.2) is 4.98 Å². The summed E-state index contributed by atoms with van der Waals surface area (Å²) in [5.74, 6) is 0.720. The maximum absolute atomic E-state index is 9.00. The van der Waals surface area contributed by atoms with E-state index < -0.39 is 0 Å². The highest BCUT2D eigenvalue weighted by molar-refractivity contribution is 6.28. The number of aliphatic hydroxyl groups is 1. The first-order valence-corrected chi connectivity index (χ1v) is 5.22. The van der Waals surface area contributed by atoms with Gasteiger partial charge in [0.15, 0.2) is 0 Å². The van der Waals surface area contributed by atoms with Gasteiger partial charge in [-0.15, -0.1) is 0 Å². The Morgan fingerprint density at radius 1 is 1.41 bits per heavy atom. The molecular weight excluding hydrogens is 242 g/mol. The number of aliphatic hydroxyl groups excluding tert-OH is 1. The average Bonchev–Trinajstić information content (AvgIpc) is 2.34. The van der Waals surface area contributed by atoms with Gasteiger partial charge in [0.05, 0.1) is 12.8 Å². The molecule has 5 nitrogen and oxygen atoms in total. The summed E-state index contributed by atoms with van der Waals surface area (Å²) in [5.41, 5.74) is 6.68. The molecule has 6 heteroatoms. The molecule has 88 valence electrons. The summed E-state index contributed by atoms with van der Waals surface area (Å²) < 4.78 is 5.46. The number of ether oxygens (including phenoxy) is 1. The number of anilines is 1. The zero-order chi connectivity index (χ0) is 12.3. The van der Waals surface area contributed by atoms with Crippen LogP contribution in [0.3, 0.4) is 0 Å². The minimum absolute atomic E-state index is 0.0583. The molecule has 0 aliphatic heterocycles. The fourth-order valence-corrected chi connectivity index (χ4v) is 1.38. The van der Waals surface area contributed by atoms with Crippen LogP contribution in [-0.4, -0.2) is 15.1 Å². The normalized spacial score (nSPS) is 10.2. The summed E-state index contributed by atoms with van der Waals surface area (Å²) in [6.07, 6.45) is 1.38. The number of hydrogen-bond donors (Lipinski definition) is 2. The fraction of sp³-hybridized carbons (Fsp3) is 0.0909. The Labute approximate surface area is 103 Å². The van der Waals surface area contributed by atoms with Crippen LogP contribution < -0.4 is 10.5 Å². The van der Waals surface area contributed by atoms with E-state index >= 15 is 0 Å². The van der Waals surface area contributed by atoms with Gasteiger partial charge in [-0.2, -0.15) is 4.98 Å².